The standard InChI is InChI=1S/C9H10N2O/c10-8-3-1-2-7(6-8)9-11-4-5-12-9/h1-3,6H,4-5,10H2. The van der Waals surface area contributed by atoms with Gasteiger partial charge in [0.2, 0.25) is 5.90 Å². The highest BCUT2D eigenvalue weighted by atomic mass is 16.5. The third-order valence-corrected chi connectivity index (χ3v) is 1.72. The predicted octanol–water partition coefficient (Wildman–Crippen LogP) is 1.05. The molecular weight excluding hydrogens is 152 g/mol. The average Bonchev–Trinajstić information content (AvgIpc) is 2.56. The number of nitrogen functional groups attached to an aromatic ring is 1. The van der Waals surface area contributed by atoms with Crippen molar-refractivity contribution < 1.29 is 4.74 Å². The molecule has 0 aromatic heterocycles. The van der Waals surface area contributed by atoms with Gasteiger partial charge in [-0.3, -0.25) is 0 Å². The largest absolute Gasteiger partial charge is 0.476 e. The molecule has 0 spiro atoms. The van der Waals surface area contributed by atoms with E-state index in [1.165, 1.54) is 0 Å². The summed E-state index contributed by atoms with van der Waals surface area (Å²) in [5.74, 6) is 0.710. The first-order valence-electron chi connectivity index (χ1n) is 3.89. The molecule has 0 fully saturated rings. The first kappa shape index (κ1) is 7.16. The zero-order valence-electron chi connectivity index (χ0n) is 6.66. The zero-order chi connectivity index (χ0) is 8.39. The number of hydrogen-bond donors (Lipinski definition) is 1. The van der Waals surface area contributed by atoms with Crippen molar-refractivity contribution >= 4 is 11.6 Å². The number of hydrogen-bond acceptors (Lipinski definition) is 3. The molecule has 0 aliphatic carbocycles. The molecule has 0 atom stereocenters. The van der Waals surface area contributed by atoms with Crippen LogP contribution in [0.5, 0.6) is 0 Å². The molecule has 0 unspecified atom stereocenters. The van der Waals surface area contributed by atoms with E-state index in [1.54, 1.807) is 0 Å². The highest BCUT2D eigenvalue weighted by molar-refractivity contribution is 5.95. The summed E-state index contributed by atoms with van der Waals surface area (Å²) in [7, 11) is 0. The van der Waals surface area contributed by atoms with Crippen molar-refractivity contribution in [3.8, 4) is 0 Å². The third kappa shape index (κ3) is 1.25. The van der Waals surface area contributed by atoms with E-state index in [4.69, 9.17) is 10.5 Å². The lowest BCUT2D eigenvalue weighted by Crippen LogP contribution is -2.01. The van der Waals surface area contributed by atoms with Gasteiger partial charge in [0.1, 0.15) is 6.61 Å². The fourth-order valence-electron chi connectivity index (χ4n) is 1.18. The lowest BCUT2D eigenvalue weighted by molar-refractivity contribution is 0.348. The number of rotatable bonds is 1. The van der Waals surface area contributed by atoms with Gasteiger partial charge in [-0.25, -0.2) is 4.99 Å². The highest BCUT2D eigenvalue weighted by Crippen LogP contribution is 2.10. The SMILES string of the molecule is Nc1cccc(C2=NCCO2)c1. The summed E-state index contributed by atoms with van der Waals surface area (Å²) < 4.78 is 5.29. The van der Waals surface area contributed by atoms with E-state index in [2.05, 4.69) is 4.99 Å². The smallest absolute Gasteiger partial charge is 0.216 e. The fraction of sp³-hybridized carbons (Fsp3) is 0.222. The van der Waals surface area contributed by atoms with E-state index in [0.717, 1.165) is 17.8 Å². The fourth-order valence-corrected chi connectivity index (χ4v) is 1.18. The Bertz CT molecular complexity index is 320. The molecule has 0 saturated heterocycles. The molecule has 0 radical (unpaired) electrons. The normalized spacial score (nSPS) is 15.5. The van der Waals surface area contributed by atoms with Crippen LogP contribution < -0.4 is 5.73 Å². The predicted molar refractivity (Wildman–Crippen MR) is 48.2 cm³/mol. The Hall–Kier alpha value is -1.51. The van der Waals surface area contributed by atoms with E-state index < -0.39 is 0 Å². The quantitative estimate of drug-likeness (QED) is 0.627. The van der Waals surface area contributed by atoms with Crippen molar-refractivity contribution in [3.05, 3.63) is 29.8 Å². The molecule has 0 saturated carbocycles. The molecule has 1 aromatic carbocycles. The molecule has 2 N–H and O–H groups in total. The van der Waals surface area contributed by atoms with Crippen LogP contribution in [-0.2, 0) is 4.74 Å². The Morgan fingerprint density at radius 2 is 2.33 bits per heavy atom. The first-order chi connectivity index (χ1) is 5.86. The molecule has 0 bridgehead atoms. The maximum Gasteiger partial charge on any atom is 0.216 e. The van der Waals surface area contributed by atoms with Crippen molar-refractivity contribution in [2.24, 2.45) is 4.99 Å². The molecule has 3 nitrogen and oxygen atoms in total. The van der Waals surface area contributed by atoms with Crippen molar-refractivity contribution in [1.82, 2.24) is 0 Å². The van der Waals surface area contributed by atoms with Gasteiger partial charge in [0.05, 0.1) is 6.54 Å². The minimum Gasteiger partial charge on any atom is -0.476 e. The van der Waals surface area contributed by atoms with E-state index in [1.807, 2.05) is 24.3 Å². The number of anilines is 1. The Morgan fingerprint density at radius 1 is 1.42 bits per heavy atom. The summed E-state index contributed by atoms with van der Waals surface area (Å²) in [6, 6.07) is 7.55. The molecule has 12 heavy (non-hydrogen) atoms. The highest BCUT2D eigenvalue weighted by Gasteiger charge is 2.09. The van der Waals surface area contributed by atoms with Crippen LogP contribution >= 0.6 is 0 Å². The summed E-state index contributed by atoms with van der Waals surface area (Å²) in [4.78, 5) is 4.19. The van der Waals surface area contributed by atoms with Gasteiger partial charge in [-0.15, -0.1) is 0 Å². The van der Waals surface area contributed by atoms with Crippen LogP contribution in [0.4, 0.5) is 5.69 Å². The third-order valence-electron chi connectivity index (χ3n) is 1.72. The van der Waals surface area contributed by atoms with Gasteiger partial charge in [0, 0.05) is 11.3 Å². The topological polar surface area (TPSA) is 47.6 Å². The number of benzene rings is 1. The zero-order valence-corrected chi connectivity index (χ0v) is 6.66. The van der Waals surface area contributed by atoms with Gasteiger partial charge < -0.3 is 10.5 Å². The minimum atomic E-state index is 0.685. The van der Waals surface area contributed by atoms with E-state index >= 15 is 0 Å². The lowest BCUT2D eigenvalue weighted by atomic mass is 10.2. The minimum absolute atomic E-state index is 0.685. The molecule has 0 amide bonds. The van der Waals surface area contributed by atoms with E-state index in [9.17, 15) is 0 Å². The molecule has 2 rings (SSSR count). The van der Waals surface area contributed by atoms with Gasteiger partial charge in [-0.2, -0.15) is 0 Å². The summed E-state index contributed by atoms with van der Waals surface area (Å²) in [6.45, 7) is 1.44. The molecule has 62 valence electrons. The second-order valence-corrected chi connectivity index (χ2v) is 2.66. The molecule has 1 aromatic rings. The summed E-state index contributed by atoms with van der Waals surface area (Å²) in [6.07, 6.45) is 0. The lowest BCUT2D eigenvalue weighted by Gasteiger charge is -2.01. The Morgan fingerprint density at radius 3 is 3.00 bits per heavy atom. The average molecular weight is 162 g/mol. The van der Waals surface area contributed by atoms with Gasteiger partial charge in [-0.1, -0.05) is 6.07 Å². The van der Waals surface area contributed by atoms with Gasteiger partial charge in [-0.05, 0) is 18.2 Å². The summed E-state index contributed by atoms with van der Waals surface area (Å²) >= 11 is 0. The Kier molecular flexibility index (Phi) is 1.70. The Labute approximate surface area is 70.9 Å². The van der Waals surface area contributed by atoms with Crippen molar-refractivity contribution in [1.29, 1.82) is 0 Å². The van der Waals surface area contributed by atoms with E-state index in [-0.39, 0.29) is 0 Å². The maximum absolute atomic E-state index is 5.62. The van der Waals surface area contributed by atoms with Crippen molar-refractivity contribution in [2.75, 3.05) is 18.9 Å². The Balaban J connectivity index is 2.33. The second-order valence-electron chi connectivity index (χ2n) is 2.66. The molecule has 3 heteroatoms. The monoisotopic (exact) mass is 162 g/mol. The van der Waals surface area contributed by atoms with Crippen LogP contribution in [0.1, 0.15) is 5.56 Å². The number of nitrogens with zero attached hydrogens (tertiary/aromatic N) is 1. The van der Waals surface area contributed by atoms with Crippen LogP contribution in [0.25, 0.3) is 0 Å². The molecule has 1 heterocycles. The van der Waals surface area contributed by atoms with Crippen molar-refractivity contribution in [2.45, 2.75) is 0 Å². The van der Waals surface area contributed by atoms with Crippen molar-refractivity contribution in [3.63, 3.8) is 0 Å². The maximum atomic E-state index is 5.62. The van der Waals surface area contributed by atoms with E-state index in [0.29, 0.717) is 12.5 Å². The molecule has 1 aliphatic rings. The molecule has 1 aliphatic heterocycles. The second kappa shape index (κ2) is 2.85. The molecular formula is C9H10N2O. The number of ether oxygens (including phenoxy) is 1. The number of nitrogens with two attached hydrogens (primary N) is 1. The first-order valence-corrected chi connectivity index (χ1v) is 3.89. The van der Waals surface area contributed by atoms with Crippen LogP contribution in [0.15, 0.2) is 29.3 Å². The van der Waals surface area contributed by atoms with Gasteiger partial charge in [0.25, 0.3) is 0 Å². The number of aliphatic imine (C=N–C) groups is 1. The summed E-state index contributed by atoms with van der Waals surface area (Å²) in [5, 5.41) is 0. The van der Waals surface area contributed by atoms with Crippen LogP contribution in [0.2, 0.25) is 0 Å². The van der Waals surface area contributed by atoms with Gasteiger partial charge >= 0.3 is 0 Å². The van der Waals surface area contributed by atoms with Crippen LogP contribution in [0, 0.1) is 0 Å². The van der Waals surface area contributed by atoms with Crippen LogP contribution in [0.3, 0.4) is 0 Å². The van der Waals surface area contributed by atoms with Gasteiger partial charge in [0.15, 0.2) is 0 Å². The summed E-state index contributed by atoms with van der Waals surface area (Å²) in [5.41, 5.74) is 7.32. The van der Waals surface area contributed by atoms with Crippen LogP contribution in [-0.4, -0.2) is 19.0 Å².